The molecule has 1 aromatic rings. The van der Waals surface area contributed by atoms with Gasteiger partial charge in [0.15, 0.2) is 0 Å². The Hall–Kier alpha value is -1.84. The highest BCUT2D eigenvalue weighted by molar-refractivity contribution is 6.40. The van der Waals surface area contributed by atoms with Crippen LogP contribution in [0, 0.1) is 0 Å². The van der Waals surface area contributed by atoms with Gasteiger partial charge >= 0.3 is 5.97 Å². The van der Waals surface area contributed by atoms with E-state index in [1.807, 2.05) is 6.92 Å². The van der Waals surface area contributed by atoms with Gasteiger partial charge < -0.3 is 9.84 Å². The van der Waals surface area contributed by atoms with Gasteiger partial charge in [-0.2, -0.15) is 0 Å². The second-order valence-electron chi connectivity index (χ2n) is 3.55. The number of benzene rings is 1. The summed E-state index contributed by atoms with van der Waals surface area (Å²) in [4.78, 5) is 21.9. The van der Waals surface area contributed by atoms with Crippen LogP contribution >= 0.6 is 0 Å². The quantitative estimate of drug-likeness (QED) is 0.584. The van der Waals surface area contributed by atoms with E-state index >= 15 is 0 Å². The van der Waals surface area contributed by atoms with Crippen molar-refractivity contribution in [2.75, 3.05) is 0 Å². The molecule has 1 aliphatic rings. The number of hydrogen-bond acceptors (Lipinski definition) is 3. The molecule has 0 radical (unpaired) electrons. The van der Waals surface area contributed by atoms with Gasteiger partial charge in [-0.05, 0) is 13.0 Å². The lowest BCUT2D eigenvalue weighted by molar-refractivity contribution is -0.131. The van der Waals surface area contributed by atoms with Crippen LogP contribution in [0.5, 0.6) is 5.75 Å². The van der Waals surface area contributed by atoms with E-state index < -0.39 is 11.8 Å². The molecular formula is C11H10O4. The lowest BCUT2D eigenvalue weighted by Gasteiger charge is -2.02. The zero-order valence-electron chi connectivity index (χ0n) is 8.19. The number of carboxylic acids is 1. The van der Waals surface area contributed by atoms with Gasteiger partial charge in [0.25, 0.3) is 5.78 Å². The SMILES string of the molecule is CC1Cc2c(cccc2C(=O)C(=O)O)O1. The van der Waals surface area contributed by atoms with Crippen molar-refractivity contribution >= 4 is 11.8 Å². The first kappa shape index (κ1) is 9.71. The smallest absolute Gasteiger partial charge is 0.377 e. The Morgan fingerprint density at radius 1 is 1.47 bits per heavy atom. The van der Waals surface area contributed by atoms with Crippen LogP contribution in [0.25, 0.3) is 0 Å². The summed E-state index contributed by atoms with van der Waals surface area (Å²) in [6.45, 7) is 1.88. The maximum absolute atomic E-state index is 11.4. The molecule has 2 rings (SSSR count). The van der Waals surface area contributed by atoms with E-state index in [2.05, 4.69) is 0 Å². The molecule has 1 N–H and O–H groups in total. The molecule has 1 aliphatic heterocycles. The van der Waals surface area contributed by atoms with E-state index in [9.17, 15) is 9.59 Å². The zero-order chi connectivity index (χ0) is 11.0. The van der Waals surface area contributed by atoms with Gasteiger partial charge in [0, 0.05) is 17.5 Å². The Morgan fingerprint density at radius 3 is 2.87 bits per heavy atom. The van der Waals surface area contributed by atoms with Gasteiger partial charge in [-0.25, -0.2) is 4.79 Å². The molecule has 4 heteroatoms. The minimum atomic E-state index is -1.43. The average Bonchev–Trinajstić information content (AvgIpc) is 2.56. The van der Waals surface area contributed by atoms with E-state index in [1.54, 1.807) is 12.1 Å². The third-order valence-corrected chi connectivity index (χ3v) is 2.39. The summed E-state index contributed by atoms with van der Waals surface area (Å²) in [6, 6.07) is 4.90. The number of carboxylic acid groups (broad SMARTS) is 1. The lowest BCUT2D eigenvalue weighted by Crippen LogP contribution is -2.14. The van der Waals surface area contributed by atoms with E-state index in [0.717, 1.165) is 0 Å². The Morgan fingerprint density at radius 2 is 2.20 bits per heavy atom. The van der Waals surface area contributed by atoms with Crippen molar-refractivity contribution in [3.63, 3.8) is 0 Å². The molecule has 1 heterocycles. The Labute approximate surface area is 86.5 Å². The Kier molecular flexibility index (Phi) is 2.19. The number of hydrogen-bond donors (Lipinski definition) is 1. The van der Waals surface area contributed by atoms with Crippen LogP contribution < -0.4 is 4.74 Å². The fourth-order valence-electron chi connectivity index (χ4n) is 1.76. The summed E-state index contributed by atoms with van der Waals surface area (Å²) in [5.74, 6) is -1.68. The average molecular weight is 206 g/mol. The van der Waals surface area contributed by atoms with Crippen LogP contribution in [0.1, 0.15) is 22.8 Å². The van der Waals surface area contributed by atoms with Gasteiger partial charge in [-0.1, -0.05) is 12.1 Å². The van der Waals surface area contributed by atoms with E-state index in [0.29, 0.717) is 17.7 Å². The van der Waals surface area contributed by atoms with Crippen molar-refractivity contribution in [3.05, 3.63) is 29.3 Å². The maximum Gasteiger partial charge on any atom is 0.377 e. The third kappa shape index (κ3) is 1.58. The molecule has 15 heavy (non-hydrogen) atoms. The topological polar surface area (TPSA) is 63.6 Å². The normalized spacial score (nSPS) is 18.1. The number of fused-ring (bicyclic) bond motifs is 1. The predicted molar refractivity (Wildman–Crippen MR) is 52.2 cm³/mol. The fraction of sp³-hybridized carbons (Fsp3) is 0.273. The third-order valence-electron chi connectivity index (χ3n) is 2.39. The summed E-state index contributed by atoms with van der Waals surface area (Å²) in [5, 5.41) is 8.64. The minimum absolute atomic E-state index is 0.00254. The Balaban J connectivity index is 2.47. The largest absolute Gasteiger partial charge is 0.490 e. The molecule has 0 fully saturated rings. The first-order valence-electron chi connectivity index (χ1n) is 4.65. The van der Waals surface area contributed by atoms with E-state index in [1.165, 1.54) is 6.07 Å². The maximum atomic E-state index is 11.4. The van der Waals surface area contributed by atoms with Gasteiger partial charge in [0.05, 0.1) is 0 Å². The summed E-state index contributed by atoms with van der Waals surface area (Å²) >= 11 is 0. The van der Waals surface area contributed by atoms with Crippen molar-refractivity contribution in [2.45, 2.75) is 19.4 Å². The number of ketones is 1. The number of carbonyl (C=O) groups excluding carboxylic acids is 1. The summed E-state index contributed by atoms with van der Waals surface area (Å²) in [5.41, 5.74) is 0.946. The van der Waals surface area contributed by atoms with Crippen LogP contribution in [-0.2, 0) is 11.2 Å². The number of rotatable bonds is 2. The summed E-state index contributed by atoms with van der Waals surface area (Å²) in [7, 11) is 0. The van der Waals surface area contributed by atoms with Crippen molar-refractivity contribution in [1.82, 2.24) is 0 Å². The first-order valence-corrected chi connectivity index (χ1v) is 4.65. The van der Waals surface area contributed by atoms with Crippen LogP contribution in [0.4, 0.5) is 0 Å². The zero-order valence-corrected chi connectivity index (χ0v) is 8.19. The van der Waals surface area contributed by atoms with Crippen LogP contribution in [0.15, 0.2) is 18.2 Å². The highest BCUT2D eigenvalue weighted by Crippen LogP contribution is 2.31. The van der Waals surface area contributed by atoms with Gasteiger partial charge in [-0.15, -0.1) is 0 Å². The van der Waals surface area contributed by atoms with E-state index in [-0.39, 0.29) is 11.7 Å². The van der Waals surface area contributed by atoms with E-state index in [4.69, 9.17) is 9.84 Å². The number of carbonyl (C=O) groups is 2. The summed E-state index contributed by atoms with van der Waals surface area (Å²) < 4.78 is 5.43. The van der Waals surface area contributed by atoms with Crippen molar-refractivity contribution in [3.8, 4) is 5.75 Å². The molecule has 1 atom stereocenters. The fourth-order valence-corrected chi connectivity index (χ4v) is 1.76. The van der Waals surface area contributed by atoms with Gasteiger partial charge in [-0.3, -0.25) is 4.79 Å². The molecule has 0 amide bonds. The lowest BCUT2D eigenvalue weighted by atomic mass is 10.00. The van der Waals surface area contributed by atoms with Crippen molar-refractivity contribution in [2.24, 2.45) is 0 Å². The number of Topliss-reactive ketones (excluding diaryl/α,β-unsaturated/α-hetero) is 1. The Bertz CT molecular complexity index is 436. The number of aliphatic carboxylic acids is 1. The molecule has 0 saturated carbocycles. The predicted octanol–water partition coefficient (Wildman–Crippen LogP) is 1.28. The molecule has 0 bridgehead atoms. The van der Waals surface area contributed by atoms with Crippen LogP contribution in [-0.4, -0.2) is 23.0 Å². The molecule has 0 aliphatic carbocycles. The molecule has 0 aromatic heterocycles. The second kappa shape index (κ2) is 3.38. The molecule has 4 nitrogen and oxygen atoms in total. The highest BCUT2D eigenvalue weighted by Gasteiger charge is 2.26. The number of ether oxygens (including phenoxy) is 1. The molecule has 1 unspecified atom stereocenters. The summed E-state index contributed by atoms with van der Waals surface area (Å²) in [6.07, 6.45) is 0.590. The first-order chi connectivity index (χ1) is 7.09. The van der Waals surface area contributed by atoms with Crippen molar-refractivity contribution in [1.29, 1.82) is 0 Å². The van der Waals surface area contributed by atoms with Gasteiger partial charge in [0.2, 0.25) is 0 Å². The van der Waals surface area contributed by atoms with Gasteiger partial charge in [0.1, 0.15) is 11.9 Å². The van der Waals surface area contributed by atoms with Crippen LogP contribution in [0.2, 0.25) is 0 Å². The highest BCUT2D eigenvalue weighted by atomic mass is 16.5. The second-order valence-corrected chi connectivity index (χ2v) is 3.55. The molecule has 0 saturated heterocycles. The molecule has 0 spiro atoms. The van der Waals surface area contributed by atoms with Crippen molar-refractivity contribution < 1.29 is 19.4 Å². The minimum Gasteiger partial charge on any atom is -0.490 e. The molecule has 78 valence electrons. The molecular weight excluding hydrogens is 196 g/mol. The molecule has 1 aromatic carbocycles. The standard InChI is InChI=1S/C11H10O4/c1-6-5-8-7(10(12)11(13)14)3-2-4-9(8)15-6/h2-4,6H,5H2,1H3,(H,13,14). The van der Waals surface area contributed by atoms with Crippen LogP contribution in [0.3, 0.4) is 0 Å². The monoisotopic (exact) mass is 206 g/mol.